The normalized spacial score (nSPS) is 21.1. The van der Waals surface area contributed by atoms with E-state index in [1.54, 1.807) is 0 Å². The highest BCUT2D eigenvalue weighted by atomic mass is 32.2. The number of sulfonamides is 1. The van der Waals surface area contributed by atoms with Crippen molar-refractivity contribution in [3.63, 3.8) is 0 Å². The molecule has 18 heavy (non-hydrogen) atoms. The highest BCUT2D eigenvalue weighted by Gasteiger charge is 2.40. The summed E-state index contributed by atoms with van der Waals surface area (Å²) < 4.78 is 38.1. The largest absolute Gasteiger partial charge is 0.480 e. The second-order valence-electron chi connectivity index (χ2n) is 3.58. The number of nitrogens with zero attached hydrogens (tertiary/aromatic N) is 2. The van der Waals surface area contributed by atoms with Crippen LogP contribution in [0.1, 0.15) is 0 Å². The fourth-order valence-electron chi connectivity index (χ4n) is 1.53. The van der Waals surface area contributed by atoms with Crippen LogP contribution >= 0.6 is 11.8 Å². The Morgan fingerprint density at radius 3 is 2.89 bits per heavy atom. The zero-order valence-electron chi connectivity index (χ0n) is 8.98. The van der Waals surface area contributed by atoms with Crippen LogP contribution in [0.2, 0.25) is 0 Å². The quantitative estimate of drug-likeness (QED) is 0.866. The van der Waals surface area contributed by atoms with Crippen molar-refractivity contribution in [3.8, 4) is 0 Å². The molecule has 2 heterocycles. The maximum absolute atomic E-state index is 13.0. The maximum Gasteiger partial charge on any atom is 0.322 e. The lowest BCUT2D eigenvalue weighted by Gasteiger charge is -2.19. The molecular weight excluding hydrogens is 283 g/mol. The highest BCUT2D eigenvalue weighted by Crippen LogP contribution is 2.28. The van der Waals surface area contributed by atoms with Gasteiger partial charge in [0.1, 0.15) is 16.8 Å². The third kappa shape index (κ3) is 2.33. The van der Waals surface area contributed by atoms with E-state index in [1.807, 2.05) is 0 Å². The molecule has 1 aliphatic rings. The van der Waals surface area contributed by atoms with Gasteiger partial charge in [0.05, 0.1) is 12.1 Å². The van der Waals surface area contributed by atoms with Crippen LogP contribution < -0.4 is 0 Å². The Hall–Kier alpha value is -1.19. The topological polar surface area (TPSA) is 87.6 Å². The van der Waals surface area contributed by atoms with Gasteiger partial charge in [0.15, 0.2) is 0 Å². The predicted octanol–water partition coefficient (Wildman–Crippen LogP) is 0.369. The zero-order chi connectivity index (χ0) is 13.3. The van der Waals surface area contributed by atoms with Gasteiger partial charge in [-0.15, -0.1) is 11.8 Å². The zero-order valence-corrected chi connectivity index (χ0v) is 10.6. The fraction of sp³-hybridized carbons (Fsp3) is 0.333. The fourth-order valence-corrected chi connectivity index (χ4v) is 4.64. The SMILES string of the molecule is O=C(O)[C@@H]1CSCN1S(=O)(=O)c1cncc(F)c1. The van der Waals surface area contributed by atoms with Gasteiger partial charge in [-0.2, -0.15) is 4.31 Å². The van der Waals surface area contributed by atoms with Gasteiger partial charge in [-0.1, -0.05) is 0 Å². The van der Waals surface area contributed by atoms with Crippen molar-refractivity contribution in [1.82, 2.24) is 9.29 Å². The van der Waals surface area contributed by atoms with Crippen LogP contribution in [-0.2, 0) is 14.8 Å². The number of carboxylic acid groups (broad SMARTS) is 1. The Bertz CT molecular complexity index is 578. The van der Waals surface area contributed by atoms with Crippen molar-refractivity contribution in [2.75, 3.05) is 11.6 Å². The lowest BCUT2D eigenvalue weighted by atomic mass is 10.4. The molecule has 98 valence electrons. The Balaban J connectivity index is 2.40. The summed E-state index contributed by atoms with van der Waals surface area (Å²) in [6, 6.07) is -0.298. The second-order valence-corrected chi connectivity index (χ2v) is 6.48. The lowest BCUT2D eigenvalue weighted by Crippen LogP contribution is -2.41. The van der Waals surface area contributed by atoms with Crippen LogP contribution in [0.15, 0.2) is 23.4 Å². The molecule has 1 N–H and O–H groups in total. The first-order valence-electron chi connectivity index (χ1n) is 4.86. The molecule has 0 aromatic carbocycles. The minimum absolute atomic E-state index is 0.0375. The van der Waals surface area contributed by atoms with Crippen LogP contribution in [-0.4, -0.2) is 46.5 Å². The van der Waals surface area contributed by atoms with E-state index in [-0.39, 0.29) is 16.5 Å². The molecule has 0 spiro atoms. The summed E-state index contributed by atoms with van der Waals surface area (Å²) in [6.45, 7) is 0. The van der Waals surface area contributed by atoms with Crippen LogP contribution in [0.3, 0.4) is 0 Å². The Kier molecular flexibility index (Phi) is 3.55. The summed E-state index contributed by atoms with van der Waals surface area (Å²) in [5.74, 6) is -1.78. The molecule has 1 fully saturated rings. The van der Waals surface area contributed by atoms with E-state index in [9.17, 15) is 17.6 Å². The van der Waals surface area contributed by atoms with E-state index in [2.05, 4.69) is 4.98 Å². The molecule has 0 saturated carbocycles. The van der Waals surface area contributed by atoms with Crippen molar-refractivity contribution in [2.45, 2.75) is 10.9 Å². The smallest absolute Gasteiger partial charge is 0.322 e. The molecule has 1 aromatic rings. The van der Waals surface area contributed by atoms with E-state index in [0.29, 0.717) is 0 Å². The van der Waals surface area contributed by atoms with Gasteiger partial charge in [-0.25, -0.2) is 12.8 Å². The summed E-state index contributed by atoms with van der Waals surface area (Å²) >= 11 is 1.20. The number of thioether (sulfide) groups is 1. The number of aliphatic carboxylic acids is 1. The van der Waals surface area contributed by atoms with Crippen LogP contribution in [0.4, 0.5) is 4.39 Å². The van der Waals surface area contributed by atoms with Crippen molar-refractivity contribution in [3.05, 3.63) is 24.3 Å². The van der Waals surface area contributed by atoms with Gasteiger partial charge < -0.3 is 5.11 Å². The Labute approximate surface area is 107 Å². The van der Waals surface area contributed by atoms with E-state index >= 15 is 0 Å². The Morgan fingerprint density at radius 2 is 2.28 bits per heavy atom. The molecule has 0 radical (unpaired) electrons. The molecule has 9 heteroatoms. The lowest BCUT2D eigenvalue weighted by molar-refractivity contribution is -0.140. The number of hydrogen-bond donors (Lipinski definition) is 1. The monoisotopic (exact) mass is 292 g/mol. The summed E-state index contributed by atoms with van der Waals surface area (Å²) in [5.41, 5.74) is 0. The van der Waals surface area contributed by atoms with Crippen LogP contribution in [0.25, 0.3) is 0 Å². The van der Waals surface area contributed by atoms with Gasteiger partial charge in [0.25, 0.3) is 0 Å². The predicted molar refractivity (Wildman–Crippen MR) is 62.0 cm³/mol. The minimum Gasteiger partial charge on any atom is -0.480 e. The third-order valence-corrected chi connectivity index (χ3v) is 5.41. The van der Waals surface area contributed by atoms with Gasteiger partial charge in [0, 0.05) is 11.9 Å². The average Bonchev–Trinajstić information content (AvgIpc) is 2.78. The van der Waals surface area contributed by atoms with Crippen molar-refractivity contribution < 1.29 is 22.7 Å². The summed E-state index contributed by atoms with van der Waals surface area (Å²) in [5, 5.41) is 8.94. The van der Waals surface area contributed by atoms with E-state index < -0.39 is 27.9 Å². The summed E-state index contributed by atoms with van der Waals surface area (Å²) in [4.78, 5) is 14.1. The van der Waals surface area contributed by atoms with Gasteiger partial charge >= 0.3 is 5.97 Å². The van der Waals surface area contributed by atoms with E-state index in [4.69, 9.17) is 5.11 Å². The molecule has 1 aliphatic heterocycles. The van der Waals surface area contributed by atoms with Crippen molar-refractivity contribution in [2.24, 2.45) is 0 Å². The first-order valence-corrected chi connectivity index (χ1v) is 7.45. The number of hydrogen-bond acceptors (Lipinski definition) is 5. The van der Waals surface area contributed by atoms with Gasteiger partial charge in [-0.05, 0) is 6.07 Å². The third-order valence-electron chi connectivity index (χ3n) is 2.41. The number of pyridine rings is 1. The first-order chi connectivity index (χ1) is 8.43. The standard InChI is InChI=1S/C9H9FN2O4S2/c10-6-1-7(3-11-2-6)18(15,16)12-5-17-4-8(12)9(13)14/h1-3,8H,4-5H2,(H,13,14)/t8-/m0/s1. The molecule has 1 aromatic heterocycles. The van der Waals surface area contributed by atoms with Gasteiger partial charge in [0.2, 0.25) is 10.0 Å². The van der Waals surface area contributed by atoms with Gasteiger partial charge in [-0.3, -0.25) is 9.78 Å². The molecule has 0 amide bonds. The molecule has 1 atom stereocenters. The van der Waals surface area contributed by atoms with Crippen molar-refractivity contribution >= 4 is 27.8 Å². The Morgan fingerprint density at radius 1 is 1.56 bits per heavy atom. The maximum atomic E-state index is 13.0. The van der Waals surface area contributed by atoms with Crippen LogP contribution in [0.5, 0.6) is 0 Å². The minimum atomic E-state index is -4.03. The summed E-state index contributed by atoms with van der Waals surface area (Å²) in [6.07, 6.45) is 1.88. The molecule has 0 aliphatic carbocycles. The number of rotatable bonds is 3. The molecule has 6 nitrogen and oxygen atoms in total. The average molecular weight is 292 g/mol. The van der Waals surface area contributed by atoms with Crippen LogP contribution in [0, 0.1) is 5.82 Å². The number of aromatic nitrogens is 1. The van der Waals surface area contributed by atoms with Crippen molar-refractivity contribution in [1.29, 1.82) is 0 Å². The molecule has 0 unspecified atom stereocenters. The molecular formula is C9H9FN2O4S2. The molecule has 2 rings (SSSR count). The number of carbonyl (C=O) groups is 1. The molecule has 1 saturated heterocycles. The first kappa shape index (κ1) is 13.2. The molecule has 0 bridgehead atoms. The summed E-state index contributed by atoms with van der Waals surface area (Å²) in [7, 11) is -4.03. The number of halogens is 1. The van der Waals surface area contributed by atoms with E-state index in [1.165, 1.54) is 11.8 Å². The number of carboxylic acids is 1. The highest BCUT2D eigenvalue weighted by molar-refractivity contribution is 8.00. The van der Waals surface area contributed by atoms with E-state index in [0.717, 1.165) is 22.8 Å². The second kappa shape index (κ2) is 4.82.